The number of fused-ring (bicyclic) bond motifs is 3. The molecule has 10 nitrogen and oxygen atoms in total. The molecule has 29 heavy (non-hydrogen) atoms. The molecule has 4 heterocycles. The molecule has 0 bridgehead atoms. The summed E-state index contributed by atoms with van der Waals surface area (Å²) < 4.78 is 34.3. The first-order valence-corrected chi connectivity index (χ1v) is 11.4. The fourth-order valence-electron chi connectivity index (χ4n) is 4.79. The van der Waals surface area contributed by atoms with E-state index in [9.17, 15) is 13.5 Å². The van der Waals surface area contributed by atoms with Crippen LogP contribution in [0.25, 0.3) is 16.8 Å². The van der Waals surface area contributed by atoms with Gasteiger partial charge in [0.05, 0.1) is 36.3 Å². The molecular formula is C18H24N6O4S. The molecule has 3 atom stereocenters. The van der Waals surface area contributed by atoms with E-state index in [1.54, 1.807) is 6.20 Å². The Morgan fingerprint density at radius 3 is 2.90 bits per heavy atom. The van der Waals surface area contributed by atoms with Crippen LogP contribution in [0, 0.1) is 5.92 Å². The molecule has 0 spiro atoms. The Morgan fingerprint density at radius 2 is 2.10 bits per heavy atom. The molecule has 1 aliphatic heterocycles. The molecule has 3 aromatic rings. The number of aliphatic hydroxyl groups is 1. The largest absolute Gasteiger partial charge is 0.389 e. The minimum absolute atomic E-state index is 0.0643. The van der Waals surface area contributed by atoms with Gasteiger partial charge in [0.1, 0.15) is 5.82 Å². The van der Waals surface area contributed by atoms with Crippen molar-refractivity contribution < 1.29 is 18.3 Å². The second kappa shape index (κ2) is 6.73. The first-order valence-electron chi connectivity index (χ1n) is 9.81. The van der Waals surface area contributed by atoms with Gasteiger partial charge >= 0.3 is 0 Å². The molecule has 156 valence electrons. The zero-order chi connectivity index (χ0) is 20.2. The number of morpholine rings is 1. The van der Waals surface area contributed by atoms with E-state index in [2.05, 4.69) is 20.2 Å². The number of H-pyrrole nitrogens is 1. The number of nitrogens with zero attached hydrogens (tertiary/aromatic N) is 5. The van der Waals surface area contributed by atoms with E-state index in [-0.39, 0.29) is 17.6 Å². The highest BCUT2D eigenvalue weighted by atomic mass is 32.2. The van der Waals surface area contributed by atoms with Gasteiger partial charge in [-0.15, -0.1) is 10.2 Å². The van der Waals surface area contributed by atoms with Crippen molar-refractivity contribution in [3.05, 3.63) is 24.3 Å². The van der Waals surface area contributed by atoms with E-state index < -0.39 is 15.6 Å². The van der Waals surface area contributed by atoms with Gasteiger partial charge in [-0.3, -0.25) is 4.40 Å². The predicted molar refractivity (Wildman–Crippen MR) is 105 cm³/mol. The minimum atomic E-state index is -3.56. The Kier molecular flexibility index (Phi) is 4.39. The number of aromatic nitrogens is 5. The predicted octanol–water partition coefficient (Wildman–Crippen LogP) is 0.512. The third kappa shape index (κ3) is 3.21. The number of hydrogen-bond acceptors (Lipinski definition) is 7. The molecule has 2 aliphatic rings. The second-order valence-electron chi connectivity index (χ2n) is 8.21. The highest BCUT2D eigenvalue weighted by Gasteiger charge is 2.48. The van der Waals surface area contributed by atoms with E-state index in [0.717, 1.165) is 17.0 Å². The van der Waals surface area contributed by atoms with Crippen molar-refractivity contribution in [2.24, 2.45) is 5.92 Å². The van der Waals surface area contributed by atoms with Crippen molar-refractivity contribution in [2.45, 2.75) is 31.3 Å². The van der Waals surface area contributed by atoms with Crippen molar-refractivity contribution in [1.29, 1.82) is 0 Å². The van der Waals surface area contributed by atoms with E-state index in [1.165, 1.54) is 4.31 Å². The summed E-state index contributed by atoms with van der Waals surface area (Å²) in [5.74, 6) is 0.419. The average molecular weight is 420 g/mol. The quantitative estimate of drug-likeness (QED) is 0.630. The SMILES string of the molecule is CC1CC(O)(CS(=O)(=O)N2CCOCC2)CC1c1nnc2cnc3[nH]ccc3n12. The Labute approximate surface area is 167 Å². The lowest BCUT2D eigenvalue weighted by Crippen LogP contribution is -2.47. The number of aromatic amines is 1. The number of ether oxygens (including phenoxy) is 1. The van der Waals surface area contributed by atoms with Crippen LogP contribution in [-0.2, 0) is 14.8 Å². The van der Waals surface area contributed by atoms with Crippen LogP contribution in [0.4, 0.5) is 0 Å². The lowest BCUT2D eigenvalue weighted by Gasteiger charge is -2.30. The average Bonchev–Trinajstić information content (AvgIpc) is 3.38. The molecule has 2 N–H and O–H groups in total. The Morgan fingerprint density at radius 1 is 1.31 bits per heavy atom. The van der Waals surface area contributed by atoms with Crippen molar-refractivity contribution in [2.75, 3.05) is 32.1 Å². The molecular weight excluding hydrogens is 396 g/mol. The van der Waals surface area contributed by atoms with Gasteiger partial charge in [0.15, 0.2) is 11.3 Å². The van der Waals surface area contributed by atoms with Crippen LogP contribution in [0.15, 0.2) is 18.5 Å². The summed E-state index contributed by atoms with van der Waals surface area (Å²) in [4.78, 5) is 7.42. The molecule has 1 saturated carbocycles. The number of nitrogens with one attached hydrogen (secondary N) is 1. The molecule has 0 aromatic carbocycles. The van der Waals surface area contributed by atoms with Gasteiger partial charge in [-0.05, 0) is 24.8 Å². The summed E-state index contributed by atoms with van der Waals surface area (Å²) in [6.07, 6.45) is 4.19. The topological polar surface area (TPSA) is 126 Å². The van der Waals surface area contributed by atoms with Crippen LogP contribution in [0.1, 0.15) is 31.5 Å². The highest BCUT2D eigenvalue weighted by molar-refractivity contribution is 7.89. The minimum Gasteiger partial charge on any atom is -0.389 e. The van der Waals surface area contributed by atoms with Crippen molar-refractivity contribution in [1.82, 2.24) is 28.9 Å². The van der Waals surface area contributed by atoms with Gasteiger partial charge in [0, 0.05) is 25.2 Å². The number of sulfonamides is 1. The zero-order valence-electron chi connectivity index (χ0n) is 16.2. The van der Waals surface area contributed by atoms with Crippen molar-refractivity contribution in [3.63, 3.8) is 0 Å². The van der Waals surface area contributed by atoms with E-state index in [0.29, 0.717) is 44.8 Å². The van der Waals surface area contributed by atoms with Crippen LogP contribution in [0.3, 0.4) is 0 Å². The Hall–Kier alpha value is -2.08. The lowest BCUT2D eigenvalue weighted by atomic mass is 9.97. The van der Waals surface area contributed by atoms with Gasteiger partial charge in [0.2, 0.25) is 10.0 Å². The summed E-state index contributed by atoms with van der Waals surface area (Å²) in [5.41, 5.74) is 0.938. The van der Waals surface area contributed by atoms with Gasteiger partial charge < -0.3 is 14.8 Å². The number of rotatable bonds is 4. The fraction of sp³-hybridized carbons (Fsp3) is 0.611. The standard InChI is InChI=1S/C18H24N6O4S/c1-12-8-18(25,11-29(26,27)23-4-6-28-7-5-23)9-13(12)17-22-21-15-10-20-16-14(24(15)17)2-3-19-16/h2-3,10,12-13,19,25H,4-9,11H2,1H3. The smallest absolute Gasteiger partial charge is 0.217 e. The van der Waals surface area contributed by atoms with Crippen molar-refractivity contribution in [3.8, 4) is 0 Å². The zero-order valence-corrected chi connectivity index (χ0v) is 17.0. The summed E-state index contributed by atoms with van der Waals surface area (Å²) in [6, 6.07) is 1.91. The Balaban J connectivity index is 1.45. The molecule has 11 heteroatoms. The Bertz CT molecular complexity index is 1150. The molecule has 0 radical (unpaired) electrons. The third-order valence-corrected chi connectivity index (χ3v) is 8.16. The van der Waals surface area contributed by atoms with Crippen LogP contribution < -0.4 is 0 Å². The maximum Gasteiger partial charge on any atom is 0.217 e. The normalized spacial score (nSPS) is 29.2. The summed E-state index contributed by atoms with van der Waals surface area (Å²) in [5, 5.41) is 19.8. The monoisotopic (exact) mass is 420 g/mol. The third-order valence-electron chi connectivity index (χ3n) is 6.10. The molecule has 1 aliphatic carbocycles. The maximum absolute atomic E-state index is 12.9. The lowest BCUT2D eigenvalue weighted by molar-refractivity contribution is 0.0575. The first kappa shape index (κ1) is 18.9. The summed E-state index contributed by atoms with van der Waals surface area (Å²) in [7, 11) is -3.56. The molecule has 5 rings (SSSR count). The maximum atomic E-state index is 12.9. The van der Waals surface area contributed by atoms with Gasteiger partial charge in [0.25, 0.3) is 0 Å². The van der Waals surface area contributed by atoms with Crippen LogP contribution in [0.5, 0.6) is 0 Å². The van der Waals surface area contributed by atoms with E-state index in [4.69, 9.17) is 4.74 Å². The summed E-state index contributed by atoms with van der Waals surface area (Å²) >= 11 is 0. The van der Waals surface area contributed by atoms with E-state index in [1.807, 2.05) is 23.6 Å². The van der Waals surface area contributed by atoms with E-state index >= 15 is 0 Å². The van der Waals surface area contributed by atoms with Gasteiger partial charge in [-0.25, -0.2) is 13.4 Å². The molecule has 0 amide bonds. The number of hydrogen-bond donors (Lipinski definition) is 2. The first-order chi connectivity index (χ1) is 13.9. The molecule has 2 fully saturated rings. The summed E-state index contributed by atoms with van der Waals surface area (Å²) in [6.45, 7) is 3.49. The molecule has 1 saturated heterocycles. The fourth-order valence-corrected chi connectivity index (χ4v) is 6.60. The molecule has 3 aromatic heterocycles. The highest BCUT2D eigenvalue weighted by Crippen LogP contribution is 2.45. The van der Waals surface area contributed by atoms with Crippen LogP contribution >= 0.6 is 0 Å². The molecule has 3 unspecified atom stereocenters. The van der Waals surface area contributed by atoms with Crippen LogP contribution in [0.2, 0.25) is 0 Å². The second-order valence-corrected chi connectivity index (χ2v) is 10.2. The van der Waals surface area contributed by atoms with Gasteiger partial charge in [-0.1, -0.05) is 6.92 Å². The van der Waals surface area contributed by atoms with Crippen molar-refractivity contribution >= 4 is 26.8 Å². The van der Waals surface area contributed by atoms with Gasteiger partial charge in [-0.2, -0.15) is 4.31 Å². The van der Waals surface area contributed by atoms with Crippen LogP contribution in [-0.4, -0.2) is 80.1 Å².